The Morgan fingerprint density at radius 1 is 1.17 bits per heavy atom. The zero-order chi connectivity index (χ0) is 17.7. The van der Waals surface area contributed by atoms with Gasteiger partial charge >= 0.3 is 5.69 Å². The van der Waals surface area contributed by atoms with Gasteiger partial charge in [0.25, 0.3) is 0 Å². The van der Waals surface area contributed by atoms with Crippen LogP contribution in [-0.2, 0) is 17.9 Å². The second-order valence-corrected chi connectivity index (χ2v) is 6.44. The standard InChI is InChI=1S/C18H27N3O3/c1-4-10-20-14-7-5-6-8-15(14)21(18(20)24)11-9-17(23)19-12-16(22)13(2)3/h5-8,13,16,22H,4,9-12H2,1-3H3,(H,19,23). The van der Waals surface area contributed by atoms with Gasteiger partial charge in [-0.15, -0.1) is 0 Å². The van der Waals surface area contributed by atoms with E-state index < -0.39 is 6.10 Å². The van der Waals surface area contributed by atoms with E-state index in [1.165, 1.54) is 0 Å². The predicted octanol–water partition coefficient (Wildman–Crippen LogP) is 1.74. The Bertz CT molecular complexity index is 746. The second kappa shape index (κ2) is 8.15. The largest absolute Gasteiger partial charge is 0.391 e. The van der Waals surface area contributed by atoms with Gasteiger partial charge in [0, 0.05) is 26.1 Å². The molecule has 0 aliphatic rings. The Kier molecular flexibility index (Phi) is 6.20. The fourth-order valence-corrected chi connectivity index (χ4v) is 2.68. The van der Waals surface area contributed by atoms with Crippen molar-refractivity contribution in [2.75, 3.05) is 6.54 Å². The lowest BCUT2D eigenvalue weighted by Crippen LogP contribution is -2.35. The number of para-hydroxylation sites is 2. The number of aliphatic hydroxyl groups excluding tert-OH is 1. The molecule has 0 radical (unpaired) electrons. The molecule has 0 aliphatic carbocycles. The summed E-state index contributed by atoms with van der Waals surface area (Å²) in [5.41, 5.74) is 1.68. The number of benzene rings is 1. The molecule has 0 saturated heterocycles. The van der Waals surface area contributed by atoms with Crippen molar-refractivity contribution >= 4 is 16.9 Å². The highest BCUT2D eigenvalue weighted by Gasteiger charge is 2.14. The number of hydrogen-bond acceptors (Lipinski definition) is 3. The molecule has 0 saturated carbocycles. The third kappa shape index (κ3) is 4.06. The zero-order valence-corrected chi connectivity index (χ0v) is 14.7. The summed E-state index contributed by atoms with van der Waals surface area (Å²) in [6.45, 7) is 7.08. The van der Waals surface area contributed by atoms with Crippen molar-refractivity contribution in [2.45, 2.75) is 52.8 Å². The lowest BCUT2D eigenvalue weighted by molar-refractivity contribution is -0.121. The van der Waals surface area contributed by atoms with Crippen LogP contribution in [0, 0.1) is 5.92 Å². The zero-order valence-electron chi connectivity index (χ0n) is 14.7. The van der Waals surface area contributed by atoms with E-state index in [9.17, 15) is 14.7 Å². The highest BCUT2D eigenvalue weighted by Crippen LogP contribution is 2.13. The monoisotopic (exact) mass is 333 g/mol. The number of aliphatic hydroxyl groups is 1. The van der Waals surface area contributed by atoms with Crippen LogP contribution in [0.15, 0.2) is 29.1 Å². The average Bonchev–Trinajstić information content (AvgIpc) is 2.83. The Hall–Kier alpha value is -2.08. The third-order valence-corrected chi connectivity index (χ3v) is 4.21. The van der Waals surface area contributed by atoms with E-state index in [1.807, 2.05) is 45.0 Å². The molecule has 132 valence electrons. The van der Waals surface area contributed by atoms with Crippen molar-refractivity contribution in [3.05, 3.63) is 34.7 Å². The molecule has 2 aromatic rings. The van der Waals surface area contributed by atoms with Gasteiger partial charge in [0.1, 0.15) is 0 Å². The Labute approximate surface area is 142 Å². The van der Waals surface area contributed by atoms with Crippen LogP contribution in [-0.4, -0.2) is 32.8 Å². The molecule has 1 aromatic carbocycles. The number of imidazole rings is 1. The third-order valence-electron chi connectivity index (χ3n) is 4.21. The average molecular weight is 333 g/mol. The van der Waals surface area contributed by atoms with E-state index in [0.29, 0.717) is 13.1 Å². The SMILES string of the molecule is CCCn1c(=O)n(CCC(=O)NCC(O)C(C)C)c2ccccc21. The molecule has 0 spiro atoms. The predicted molar refractivity (Wildman–Crippen MR) is 95.0 cm³/mol. The molecule has 1 aromatic heterocycles. The van der Waals surface area contributed by atoms with Gasteiger partial charge < -0.3 is 10.4 Å². The number of fused-ring (bicyclic) bond motifs is 1. The molecule has 1 atom stereocenters. The lowest BCUT2D eigenvalue weighted by Gasteiger charge is -2.15. The number of nitrogens with zero attached hydrogens (tertiary/aromatic N) is 2. The number of amides is 1. The first kappa shape index (κ1) is 18.3. The Balaban J connectivity index is 2.09. The van der Waals surface area contributed by atoms with Crippen LogP contribution in [0.3, 0.4) is 0 Å². The van der Waals surface area contributed by atoms with Crippen LogP contribution in [0.2, 0.25) is 0 Å². The summed E-state index contributed by atoms with van der Waals surface area (Å²) in [7, 11) is 0. The number of carbonyl (C=O) groups excluding carboxylic acids is 1. The molecule has 1 heterocycles. The minimum absolute atomic E-state index is 0.0759. The molecular formula is C18H27N3O3. The summed E-state index contributed by atoms with van der Waals surface area (Å²) in [4.78, 5) is 24.6. The summed E-state index contributed by atoms with van der Waals surface area (Å²) >= 11 is 0. The van der Waals surface area contributed by atoms with E-state index in [4.69, 9.17) is 0 Å². The summed E-state index contributed by atoms with van der Waals surface area (Å²) in [5, 5.41) is 12.5. The Morgan fingerprint density at radius 2 is 1.75 bits per heavy atom. The highest BCUT2D eigenvalue weighted by atomic mass is 16.3. The van der Waals surface area contributed by atoms with Crippen molar-refractivity contribution in [2.24, 2.45) is 5.92 Å². The molecule has 2 N–H and O–H groups in total. The van der Waals surface area contributed by atoms with Gasteiger partial charge in [0.05, 0.1) is 17.1 Å². The van der Waals surface area contributed by atoms with E-state index in [0.717, 1.165) is 17.5 Å². The van der Waals surface area contributed by atoms with Crippen LogP contribution in [0.25, 0.3) is 11.0 Å². The summed E-state index contributed by atoms with van der Waals surface area (Å²) in [6, 6.07) is 7.65. The summed E-state index contributed by atoms with van der Waals surface area (Å²) in [5.74, 6) is -0.0612. The van der Waals surface area contributed by atoms with E-state index >= 15 is 0 Å². The molecule has 24 heavy (non-hydrogen) atoms. The van der Waals surface area contributed by atoms with Crippen molar-refractivity contribution in [3.8, 4) is 0 Å². The number of aryl methyl sites for hydroxylation is 2. The van der Waals surface area contributed by atoms with Crippen molar-refractivity contribution in [3.63, 3.8) is 0 Å². The molecule has 6 nitrogen and oxygen atoms in total. The first-order chi connectivity index (χ1) is 11.5. The number of hydrogen-bond donors (Lipinski definition) is 2. The molecule has 0 fully saturated rings. The lowest BCUT2D eigenvalue weighted by atomic mass is 10.1. The molecule has 6 heteroatoms. The summed E-state index contributed by atoms with van der Waals surface area (Å²) in [6.07, 6.45) is 0.537. The quantitative estimate of drug-likeness (QED) is 0.772. The molecule has 1 amide bonds. The molecule has 1 unspecified atom stereocenters. The first-order valence-corrected chi connectivity index (χ1v) is 8.58. The number of aromatic nitrogens is 2. The van der Waals surface area contributed by atoms with E-state index in [1.54, 1.807) is 9.13 Å². The molecule has 0 aliphatic heterocycles. The van der Waals surface area contributed by atoms with Crippen molar-refractivity contribution in [1.29, 1.82) is 0 Å². The number of rotatable bonds is 8. The maximum absolute atomic E-state index is 12.6. The van der Waals surface area contributed by atoms with Gasteiger partial charge in [-0.2, -0.15) is 0 Å². The van der Waals surface area contributed by atoms with Gasteiger partial charge in [-0.25, -0.2) is 4.79 Å². The fourth-order valence-electron chi connectivity index (χ4n) is 2.68. The van der Waals surface area contributed by atoms with Crippen molar-refractivity contribution < 1.29 is 9.90 Å². The van der Waals surface area contributed by atoms with E-state index in [-0.39, 0.29) is 30.5 Å². The van der Waals surface area contributed by atoms with Crippen LogP contribution >= 0.6 is 0 Å². The number of carbonyl (C=O) groups is 1. The van der Waals surface area contributed by atoms with Crippen LogP contribution in [0.5, 0.6) is 0 Å². The van der Waals surface area contributed by atoms with Crippen LogP contribution < -0.4 is 11.0 Å². The van der Waals surface area contributed by atoms with Gasteiger partial charge in [-0.1, -0.05) is 32.9 Å². The highest BCUT2D eigenvalue weighted by molar-refractivity contribution is 5.78. The van der Waals surface area contributed by atoms with Crippen LogP contribution in [0.1, 0.15) is 33.6 Å². The van der Waals surface area contributed by atoms with Gasteiger partial charge in [-0.3, -0.25) is 13.9 Å². The smallest absolute Gasteiger partial charge is 0.329 e. The topological polar surface area (TPSA) is 76.3 Å². The molecule has 2 rings (SSSR count). The van der Waals surface area contributed by atoms with Crippen molar-refractivity contribution in [1.82, 2.24) is 14.5 Å². The molecular weight excluding hydrogens is 306 g/mol. The number of nitrogens with one attached hydrogen (secondary N) is 1. The maximum atomic E-state index is 12.6. The summed E-state index contributed by atoms with van der Waals surface area (Å²) < 4.78 is 3.42. The van der Waals surface area contributed by atoms with Gasteiger partial charge in [0.2, 0.25) is 5.91 Å². The maximum Gasteiger partial charge on any atom is 0.329 e. The molecule has 0 bridgehead atoms. The normalized spacial score (nSPS) is 12.7. The van der Waals surface area contributed by atoms with Crippen LogP contribution in [0.4, 0.5) is 0 Å². The fraction of sp³-hybridized carbons (Fsp3) is 0.556. The Morgan fingerprint density at radius 3 is 2.29 bits per heavy atom. The van der Waals surface area contributed by atoms with Gasteiger partial charge in [0.15, 0.2) is 0 Å². The first-order valence-electron chi connectivity index (χ1n) is 8.58. The van der Waals surface area contributed by atoms with Gasteiger partial charge in [-0.05, 0) is 24.5 Å². The minimum atomic E-state index is -0.553. The minimum Gasteiger partial charge on any atom is -0.391 e. The van der Waals surface area contributed by atoms with E-state index in [2.05, 4.69) is 5.32 Å². The second-order valence-electron chi connectivity index (χ2n) is 6.44.